The molecule has 0 saturated carbocycles. The average molecular weight is 393 g/mol. The number of benzene rings is 1. The van der Waals surface area contributed by atoms with Gasteiger partial charge in [0.25, 0.3) is 0 Å². The second-order valence-electron chi connectivity index (χ2n) is 5.30. The van der Waals surface area contributed by atoms with Crippen LogP contribution in [0.1, 0.15) is 33.3 Å². The van der Waals surface area contributed by atoms with Crippen molar-refractivity contribution in [1.29, 1.82) is 0 Å². The highest BCUT2D eigenvalue weighted by Crippen LogP contribution is 2.00. The summed E-state index contributed by atoms with van der Waals surface area (Å²) in [7, 11) is 0. The number of nitrogens with one attached hydrogen (secondary N) is 2. The fourth-order valence-electron chi connectivity index (χ4n) is 2.20. The molecule has 0 atom stereocenters. The van der Waals surface area contributed by atoms with E-state index in [1.54, 1.807) is 6.21 Å². The molecule has 0 spiro atoms. The molecule has 1 aromatic rings. The monoisotopic (exact) mass is 392 g/mol. The highest BCUT2D eigenvalue weighted by molar-refractivity contribution is 7.80. The molecule has 0 unspecified atom stereocenters. The minimum atomic E-state index is 0.587. The van der Waals surface area contributed by atoms with Crippen molar-refractivity contribution in [3.63, 3.8) is 0 Å². The molecule has 0 amide bonds. The summed E-state index contributed by atoms with van der Waals surface area (Å²) < 4.78 is 0. The van der Waals surface area contributed by atoms with Crippen molar-refractivity contribution in [2.45, 2.75) is 27.7 Å². The number of rotatable bonds is 8. The molecule has 0 radical (unpaired) electrons. The predicted octanol–water partition coefficient (Wildman–Crippen LogP) is 2.81. The first kappa shape index (κ1) is 22.0. The lowest BCUT2D eigenvalue weighted by molar-refractivity contribution is 0.458. The van der Waals surface area contributed by atoms with E-state index in [1.165, 1.54) is 0 Å². The fraction of sp³-hybridized carbons (Fsp3) is 0.444. The minimum Gasteiger partial charge on any atom is -0.348 e. The molecule has 1 aromatic carbocycles. The van der Waals surface area contributed by atoms with Crippen molar-refractivity contribution >= 4 is 46.6 Å². The van der Waals surface area contributed by atoms with Crippen LogP contribution >= 0.6 is 24.4 Å². The number of hydrogen-bond donors (Lipinski definition) is 2. The van der Waals surface area contributed by atoms with Crippen LogP contribution in [0.15, 0.2) is 40.5 Å². The molecular formula is C18H28N6S2. The van der Waals surface area contributed by atoms with E-state index in [1.807, 2.05) is 40.1 Å². The number of hydrazone groups is 2. The summed E-state index contributed by atoms with van der Waals surface area (Å²) in [6, 6.07) is 9.80. The quantitative estimate of drug-likeness (QED) is 0.403. The lowest BCUT2D eigenvalue weighted by atomic mass is 10.1. The van der Waals surface area contributed by atoms with E-state index >= 15 is 0 Å². The van der Waals surface area contributed by atoms with Gasteiger partial charge in [-0.1, -0.05) is 30.3 Å². The van der Waals surface area contributed by atoms with Crippen LogP contribution in [0.2, 0.25) is 0 Å². The Balaban J connectivity index is 2.90. The fourth-order valence-corrected chi connectivity index (χ4v) is 2.81. The molecule has 1 rings (SSSR count). The van der Waals surface area contributed by atoms with E-state index in [0.29, 0.717) is 15.9 Å². The van der Waals surface area contributed by atoms with Crippen LogP contribution in [-0.4, -0.2) is 58.1 Å². The van der Waals surface area contributed by atoms with Crippen LogP contribution < -0.4 is 10.9 Å². The molecule has 0 aliphatic rings. The molecule has 26 heavy (non-hydrogen) atoms. The van der Waals surface area contributed by atoms with Crippen molar-refractivity contribution in [2.24, 2.45) is 10.2 Å². The summed E-state index contributed by atoms with van der Waals surface area (Å²) in [5.74, 6) is 0. The maximum Gasteiger partial charge on any atom is 0.189 e. The Morgan fingerprint density at radius 1 is 0.885 bits per heavy atom. The van der Waals surface area contributed by atoms with Gasteiger partial charge in [-0.05, 0) is 52.1 Å². The summed E-state index contributed by atoms with van der Waals surface area (Å²) in [6.07, 6.45) is 1.64. The summed E-state index contributed by atoms with van der Waals surface area (Å²) in [5, 5.41) is 9.85. The smallest absolute Gasteiger partial charge is 0.189 e. The molecular weight excluding hydrogens is 364 g/mol. The number of hydrogen-bond acceptors (Lipinski definition) is 4. The molecule has 0 aliphatic heterocycles. The molecule has 0 aliphatic carbocycles. The first-order chi connectivity index (χ1) is 12.6. The van der Waals surface area contributed by atoms with Crippen LogP contribution in [0.25, 0.3) is 0 Å². The standard InChI is InChI=1S/C18H28N6S2/c1-5-23(6-2)17(25)21-19-14-16(15-12-10-9-11-13-15)20-22-18(26)24(7-3)8-4/h9-14H,5-8H2,1-4H3,(H,21,25)(H,22,26)/b19-14+,20-16-. The Hall–Kier alpha value is -2.06. The molecule has 8 heteroatoms. The van der Waals surface area contributed by atoms with E-state index in [9.17, 15) is 0 Å². The second kappa shape index (κ2) is 12.3. The maximum absolute atomic E-state index is 5.38. The zero-order valence-corrected chi connectivity index (χ0v) is 17.5. The van der Waals surface area contributed by atoms with Gasteiger partial charge in [0.1, 0.15) is 5.71 Å². The normalized spacial score (nSPS) is 11.3. The lowest BCUT2D eigenvalue weighted by Crippen LogP contribution is -2.38. The van der Waals surface area contributed by atoms with Gasteiger partial charge in [0, 0.05) is 31.7 Å². The largest absolute Gasteiger partial charge is 0.348 e. The highest BCUT2D eigenvalue weighted by atomic mass is 32.1. The van der Waals surface area contributed by atoms with E-state index in [-0.39, 0.29) is 0 Å². The Morgan fingerprint density at radius 2 is 1.38 bits per heavy atom. The molecule has 0 saturated heterocycles. The van der Waals surface area contributed by atoms with Gasteiger partial charge in [-0.2, -0.15) is 10.2 Å². The molecule has 0 aromatic heterocycles. The van der Waals surface area contributed by atoms with Gasteiger partial charge in [0.15, 0.2) is 10.2 Å². The van der Waals surface area contributed by atoms with Crippen LogP contribution in [0.5, 0.6) is 0 Å². The molecule has 142 valence electrons. The van der Waals surface area contributed by atoms with Crippen molar-refractivity contribution in [1.82, 2.24) is 20.7 Å². The predicted molar refractivity (Wildman–Crippen MR) is 119 cm³/mol. The third-order valence-corrected chi connectivity index (χ3v) is 4.49. The summed E-state index contributed by atoms with van der Waals surface area (Å²) in [4.78, 5) is 4.03. The Morgan fingerprint density at radius 3 is 1.88 bits per heavy atom. The first-order valence-corrected chi connectivity index (χ1v) is 9.64. The number of thiocarbonyl (C=S) groups is 2. The lowest BCUT2D eigenvalue weighted by Gasteiger charge is -2.21. The Labute approximate surface area is 167 Å². The minimum absolute atomic E-state index is 0.587. The van der Waals surface area contributed by atoms with Gasteiger partial charge in [0.2, 0.25) is 0 Å². The first-order valence-electron chi connectivity index (χ1n) is 8.83. The molecule has 0 heterocycles. The van der Waals surface area contributed by atoms with Gasteiger partial charge in [-0.3, -0.25) is 10.9 Å². The zero-order chi connectivity index (χ0) is 19.4. The van der Waals surface area contributed by atoms with Crippen LogP contribution in [0.3, 0.4) is 0 Å². The van der Waals surface area contributed by atoms with Crippen molar-refractivity contribution in [3.05, 3.63) is 35.9 Å². The van der Waals surface area contributed by atoms with Gasteiger partial charge >= 0.3 is 0 Å². The van der Waals surface area contributed by atoms with Gasteiger partial charge in [0.05, 0.1) is 6.21 Å². The third-order valence-electron chi connectivity index (χ3n) is 3.79. The van der Waals surface area contributed by atoms with Crippen molar-refractivity contribution in [3.8, 4) is 0 Å². The number of nitrogens with zero attached hydrogens (tertiary/aromatic N) is 4. The summed E-state index contributed by atoms with van der Waals surface area (Å²) in [5.41, 5.74) is 7.44. The van der Waals surface area contributed by atoms with E-state index in [0.717, 1.165) is 31.7 Å². The SMILES string of the molecule is CCN(CC)C(=S)N/N=C/C(=N/NC(=S)N(CC)CC)c1ccccc1. The van der Waals surface area contributed by atoms with E-state index < -0.39 is 0 Å². The molecule has 0 bridgehead atoms. The summed E-state index contributed by atoms with van der Waals surface area (Å²) in [6.45, 7) is 11.5. The third kappa shape index (κ3) is 7.05. The highest BCUT2D eigenvalue weighted by Gasteiger charge is 2.06. The maximum atomic E-state index is 5.38. The van der Waals surface area contributed by atoms with Crippen molar-refractivity contribution in [2.75, 3.05) is 26.2 Å². The summed E-state index contributed by atoms with van der Waals surface area (Å²) >= 11 is 10.7. The molecule has 0 fully saturated rings. The van der Waals surface area contributed by atoms with Gasteiger partial charge in [-0.25, -0.2) is 0 Å². The van der Waals surface area contributed by atoms with Crippen LogP contribution in [0, 0.1) is 0 Å². The molecule has 2 N–H and O–H groups in total. The van der Waals surface area contributed by atoms with Crippen molar-refractivity contribution < 1.29 is 0 Å². The van der Waals surface area contributed by atoms with Crippen LogP contribution in [-0.2, 0) is 0 Å². The van der Waals surface area contributed by atoms with Crippen LogP contribution in [0.4, 0.5) is 0 Å². The zero-order valence-electron chi connectivity index (χ0n) is 15.9. The van der Waals surface area contributed by atoms with E-state index in [4.69, 9.17) is 24.4 Å². The molecule has 6 nitrogen and oxygen atoms in total. The van der Waals surface area contributed by atoms with Gasteiger partial charge < -0.3 is 9.80 Å². The Kier molecular flexibility index (Phi) is 10.4. The second-order valence-corrected chi connectivity index (χ2v) is 6.07. The average Bonchev–Trinajstić information content (AvgIpc) is 2.67. The van der Waals surface area contributed by atoms with Gasteiger partial charge in [-0.15, -0.1) is 0 Å². The Bertz CT molecular complexity index is 622. The topological polar surface area (TPSA) is 55.3 Å². The van der Waals surface area contributed by atoms with E-state index in [2.05, 4.69) is 48.7 Å².